The van der Waals surface area contributed by atoms with Crippen LogP contribution in [0.15, 0.2) is 0 Å². The van der Waals surface area contributed by atoms with Crippen molar-refractivity contribution < 1.29 is 14.3 Å². The van der Waals surface area contributed by atoms with E-state index in [1.807, 2.05) is 0 Å². The minimum absolute atomic E-state index is 0.0102. The summed E-state index contributed by atoms with van der Waals surface area (Å²) in [6.07, 6.45) is 7.58. The van der Waals surface area contributed by atoms with Gasteiger partial charge in [-0.05, 0) is 50.4 Å². The van der Waals surface area contributed by atoms with Crippen LogP contribution in [0, 0.1) is 17.8 Å². The van der Waals surface area contributed by atoms with E-state index in [0.717, 1.165) is 51.5 Å². The molecule has 1 aliphatic carbocycles. The fraction of sp³-hybridized carbons (Fsp3) is 0.895. The van der Waals surface area contributed by atoms with Crippen LogP contribution in [-0.4, -0.2) is 42.1 Å². The lowest BCUT2D eigenvalue weighted by Gasteiger charge is -2.45. The molecule has 2 heterocycles. The van der Waals surface area contributed by atoms with E-state index in [-0.39, 0.29) is 12.2 Å². The predicted molar refractivity (Wildman–Crippen MR) is 92.5 cm³/mol. The number of unbranched alkanes of at least 4 members (excludes halogenated alkanes) is 1. The normalized spacial score (nSPS) is 35.3. The van der Waals surface area contributed by atoms with E-state index in [4.69, 9.17) is 4.74 Å². The maximum Gasteiger partial charge on any atom is 0.407 e. The van der Waals surface area contributed by atoms with E-state index in [1.165, 1.54) is 0 Å². The van der Waals surface area contributed by atoms with E-state index in [9.17, 15) is 9.59 Å². The van der Waals surface area contributed by atoms with E-state index in [0.29, 0.717) is 42.7 Å². The molecule has 24 heavy (non-hydrogen) atoms. The standard InChI is InChI=1S/C19H32N2O3/c1-3-5-10-20-19(23)24-16-12-13-9-11-21-17(22)8-6-7-15(18(13)21)14(16)4-2/h13-16,18H,3-12H2,1-2H3,(H,20,23)/t13-,14+,15+,16-,18-/m0/s1. The van der Waals surface area contributed by atoms with E-state index < -0.39 is 0 Å². The third-order valence-electron chi connectivity index (χ3n) is 6.36. The van der Waals surface area contributed by atoms with Crippen LogP contribution in [0.5, 0.6) is 0 Å². The molecule has 0 unspecified atom stereocenters. The van der Waals surface area contributed by atoms with Gasteiger partial charge >= 0.3 is 6.09 Å². The van der Waals surface area contributed by atoms with Gasteiger partial charge in [0.15, 0.2) is 0 Å². The van der Waals surface area contributed by atoms with Crippen molar-refractivity contribution in [1.29, 1.82) is 0 Å². The van der Waals surface area contributed by atoms with E-state index in [1.54, 1.807) is 0 Å². The Kier molecular flexibility index (Phi) is 5.67. The molecule has 0 aromatic carbocycles. The summed E-state index contributed by atoms with van der Waals surface area (Å²) in [7, 11) is 0. The molecule has 0 aromatic heterocycles. The van der Waals surface area contributed by atoms with Gasteiger partial charge < -0.3 is 15.0 Å². The Balaban J connectivity index is 1.69. The summed E-state index contributed by atoms with van der Waals surface area (Å²) in [5.74, 6) is 1.73. The lowest BCUT2D eigenvalue weighted by molar-refractivity contribution is -0.134. The van der Waals surface area contributed by atoms with Crippen LogP contribution < -0.4 is 5.32 Å². The smallest absolute Gasteiger partial charge is 0.407 e. The fourth-order valence-electron chi connectivity index (χ4n) is 5.28. The van der Waals surface area contributed by atoms with Crippen molar-refractivity contribution in [2.24, 2.45) is 17.8 Å². The Morgan fingerprint density at radius 1 is 1.33 bits per heavy atom. The van der Waals surface area contributed by atoms with E-state index >= 15 is 0 Å². The second kappa shape index (κ2) is 7.75. The molecule has 0 aromatic rings. The molecular weight excluding hydrogens is 304 g/mol. The molecule has 0 bridgehead atoms. The highest BCUT2D eigenvalue weighted by Crippen LogP contribution is 2.48. The highest BCUT2D eigenvalue weighted by Gasteiger charge is 2.52. The number of hydrogen-bond donors (Lipinski definition) is 1. The Labute approximate surface area is 145 Å². The number of alkyl carbamates (subject to hydrolysis) is 1. The second-order valence-electron chi connectivity index (χ2n) is 7.71. The molecule has 1 saturated carbocycles. The van der Waals surface area contributed by atoms with Crippen molar-refractivity contribution in [1.82, 2.24) is 10.2 Å². The zero-order valence-corrected chi connectivity index (χ0v) is 15.1. The average Bonchev–Trinajstić information content (AvgIpc) is 2.90. The minimum Gasteiger partial charge on any atom is -0.446 e. The number of carbonyl (C=O) groups excluding carboxylic acids is 2. The number of amides is 2. The fourth-order valence-corrected chi connectivity index (χ4v) is 5.28. The topological polar surface area (TPSA) is 58.6 Å². The molecular formula is C19H32N2O3. The van der Waals surface area contributed by atoms with Crippen molar-refractivity contribution >= 4 is 12.0 Å². The highest BCUT2D eigenvalue weighted by atomic mass is 16.6. The molecule has 5 nitrogen and oxygen atoms in total. The highest BCUT2D eigenvalue weighted by molar-refractivity contribution is 5.77. The van der Waals surface area contributed by atoms with Crippen LogP contribution in [0.4, 0.5) is 4.79 Å². The largest absolute Gasteiger partial charge is 0.446 e. The van der Waals surface area contributed by atoms with Gasteiger partial charge in [-0.1, -0.05) is 20.3 Å². The molecule has 3 fully saturated rings. The van der Waals surface area contributed by atoms with Crippen molar-refractivity contribution in [3.8, 4) is 0 Å². The van der Waals surface area contributed by atoms with Gasteiger partial charge in [0.05, 0.1) is 0 Å². The van der Waals surface area contributed by atoms with Gasteiger partial charge in [-0.3, -0.25) is 4.79 Å². The third-order valence-corrected chi connectivity index (χ3v) is 6.36. The number of ether oxygens (including phenoxy) is 1. The van der Waals surface area contributed by atoms with E-state index in [2.05, 4.69) is 24.1 Å². The number of nitrogens with zero attached hydrogens (tertiary/aromatic N) is 1. The number of rotatable bonds is 5. The molecule has 5 heteroatoms. The van der Waals surface area contributed by atoms with Crippen molar-refractivity contribution in [3.05, 3.63) is 0 Å². The van der Waals surface area contributed by atoms with Crippen LogP contribution in [0.25, 0.3) is 0 Å². The van der Waals surface area contributed by atoms with Crippen LogP contribution in [0.2, 0.25) is 0 Å². The molecule has 2 aliphatic heterocycles. The van der Waals surface area contributed by atoms with Gasteiger partial charge in [0, 0.05) is 31.5 Å². The van der Waals surface area contributed by atoms with Gasteiger partial charge in [0.25, 0.3) is 0 Å². The molecule has 3 rings (SSSR count). The molecule has 0 spiro atoms. The maximum absolute atomic E-state index is 12.4. The summed E-state index contributed by atoms with van der Waals surface area (Å²) >= 11 is 0. The average molecular weight is 336 g/mol. The Bertz CT molecular complexity index is 468. The van der Waals surface area contributed by atoms with Gasteiger partial charge in [-0.2, -0.15) is 0 Å². The molecule has 5 atom stereocenters. The predicted octanol–water partition coefficient (Wildman–Crippen LogP) is 3.33. The molecule has 2 saturated heterocycles. The van der Waals surface area contributed by atoms with Gasteiger partial charge in [-0.15, -0.1) is 0 Å². The Morgan fingerprint density at radius 2 is 2.17 bits per heavy atom. The number of hydrogen-bond acceptors (Lipinski definition) is 3. The maximum atomic E-state index is 12.4. The van der Waals surface area contributed by atoms with Gasteiger partial charge in [0.1, 0.15) is 6.10 Å². The second-order valence-corrected chi connectivity index (χ2v) is 7.71. The summed E-state index contributed by atoms with van der Waals surface area (Å²) < 4.78 is 5.86. The first-order chi connectivity index (χ1) is 11.7. The number of nitrogens with one attached hydrogen (secondary N) is 1. The van der Waals surface area contributed by atoms with Crippen molar-refractivity contribution in [2.45, 2.75) is 77.4 Å². The summed E-state index contributed by atoms with van der Waals surface area (Å²) in [4.78, 5) is 26.6. The monoisotopic (exact) mass is 336 g/mol. The lowest BCUT2D eigenvalue weighted by atomic mass is 9.67. The summed E-state index contributed by atoms with van der Waals surface area (Å²) in [5.41, 5.74) is 0. The Morgan fingerprint density at radius 3 is 2.92 bits per heavy atom. The zero-order valence-electron chi connectivity index (χ0n) is 15.1. The Hall–Kier alpha value is -1.26. The quantitative estimate of drug-likeness (QED) is 0.784. The first-order valence-corrected chi connectivity index (χ1v) is 9.89. The number of carbonyl (C=O) groups is 2. The third kappa shape index (κ3) is 3.40. The molecule has 1 N–H and O–H groups in total. The first kappa shape index (κ1) is 17.6. The summed E-state index contributed by atoms with van der Waals surface area (Å²) in [6, 6.07) is 0.396. The summed E-state index contributed by atoms with van der Waals surface area (Å²) in [5, 5.41) is 2.88. The first-order valence-electron chi connectivity index (χ1n) is 9.89. The van der Waals surface area contributed by atoms with Gasteiger partial charge in [0.2, 0.25) is 5.91 Å². The molecule has 136 valence electrons. The zero-order chi connectivity index (χ0) is 17.1. The van der Waals surface area contributed by atoms with Crippen LogP contribution in [-0.2, 0) is 9.53 Å². The molecule has 0 radical (unpaired) electrons. The molecule has 3 aliphatic rings. The van der Waals surface area contributed by atoms with Gasteiger partial charge in [-0.25, -0.2) is 4.79 Å². The van der Waals surface area contributed by atoms with Crippen molar-refractivity contribution in [2.75, 3.05) is 13.1 Å². The van der Waals surface area contributed by atoms with Crippen molar-refractivity contribution in [3.63, 3.8) is 0 Å². The molecule has 2 amide bonds. The van der Waals surface area contributed by atoms with Crippen LogP contribution in [0.3, 0.4) is 0 Å². The lowest BCUT2D eigenvalue weighted by Crippen LogP contribution is -2.51. The SMILES string of the molecule is CCCCNC(=O)O[C@H]1C[C@@H]2CCN3C(=O)CCC[C@H]([C@H]1CC)[C@H]23. The van der Waals surface area contributed by atoms with Crippen LogP contribution in [0.1, 0.15) is 65.2 Å². The summed E-state index contributed by atoms with van der Waals surface area (Å²) in [6.45, 7) is 5.90. The van der Waals surface area contributed by atoms with Crippen LogP contribution >= 0.6 is 0 Å². The minimum atomic E-state index is -0.259.